The highest BCUT2D eigenvalue weighted by molar-refractivity contribution is 4.96. The zero-order valence-electron chi connectivity index (χ0n) is 8.82. The second-order valence-corrected chi connectivity index (χ2v) is 3.45. The van der Waals surface area contributed by atoms with Crippen LogP contribution in [0.1, 0.15) is 30.4 Å². The van der Waals surface area contributed by atoms with Crippen LogP contribution < -0.4 is 5.32 Å². The maximum absolute atomic E-state index is 5.41. The van der Waals surface area contributed by atoms with Crippen LogP contribution in [-0.4, -0.2) is 15.0 Å². The van der Waals surface area contributed by atoms with Crippen molar-refractivity contribution in [2.75, 3.05) is 0 Å². The number of H-pyrrole nitrogens is 1. The van der Waals surface area contributed by atoms with Crippen LogP contribution in [0.4, 0.5) is 0 Å². The fourth-order valence-corrected chi connectivity index (χ4v) is 1.30. The monoisotopic (exact) mass is 206 g/mol. The van der Waals surface area contributed by atoms with E-state index in [0.717, 1.165) is 11.6 Å². The van der Waals surface area contributed by atoms with E-state index >= 15 is 0 Å². The van der Waals surface area contributed by atoms with Gasteiger partial charge in [-0.2, -0.15) is 0 Å². The molecule has 0 radical (unpaired) electrons. The molecule has 5 nitrogen and oxygen atoms in total. The summed E-state index contributed by atoms with van der Waals surface area (Å²) in [5.41, 5.74) is 0. The van der Waals surface area contributed by atoms with Crippen LogP contribution in [0.25, 0.3) is 0 Å². The average molecular weight is 206 g/mol. The standard InChI is InChI=1S/C10H14N4O/c1-7-5-14-10(15-7)8(2)13-6-9-11-3-4-12-9/h3-5,8,13H,6H2,1-2H3,(H,11,12). The molecule has 1 unspecified atom stereocenters. The molecule has 80 valence electrons. The number of imidazole rings is 1. The van der Waals surface area contributed by atoms with Crippen molar-refractivity contribution in [1.29, 1.82) is 0 Å². The van der Waals surface area contributed by atoms with Gasteiger partial charge in [-0.05, 0) is 13.8 Å². The van der Waals surface area contributed by atoms with Crippen LogP contribution in [0.3, 0.4) is 0 Å². The van der Waals surface area contributed by atoms with E-state index in [4.69, 9.17) is 4.42 Å². The highest BCUT2D eigenvalue weighted by atomic mass is 16.4. The molecule has 0 aliphatic rings. The lowest BCUT2D eigenvalue weighted by Crippen LogP contribution is -2.19. The van der Waals surface area contributed by atoms with E-state index in [2.05, 4.69) is 20.3 Å². The first kappa shape index (κ1) is 9.92. The number of aromatic amines is 1. The van der Waals surface area contributed by atoms with Crippen molar-refractivity contribution in [3.8, 4) is 0 Å². The molecule has 5 heteroatoms. The third kappa shape index (κ3) is 2.44. The van der Waals surface area contributed by atoms with Gasteiger partial charge in [-0.3, -0.25) is 5.32 Å². The van der Waals surface area contributed by atoms with Gasteiger partial charge in [0, 0.05) is 12.4 Å². The van der Waals surface area contributed by atoms with Gasteiger partial charge in [0.2, 0.25) is 5.89 Å². The molecule has 0 bridgehead atoms. The first-order valence-corrected chi connectivity index (χ1v) is 4.89. The molecule has 15 heavy (non-hydrogen) atoms. The minimum Gasteiger partial charge on any atom is -0.444 e. The Kier molecular flexibility index (Phi) is 2.82. The van der Waals surface area contributed by atoms with Crippen LogP contribution in [0.2, 0.25) is 0 Å². The third-order valence-electron chi connectivity index (χ3n) is 2.14. The van der Waals surface area contributed by atoms with E-state index in [1.54, 1.807) is 18.6 Å². The molecule has 0 amide bonds. The number of hydrogen-bond acceptors (Lipinski definition) is 4. The molecule has 0 saturated heterocycles. The van der Waals surface area contributed by atoms with E-state index in [1.165, 1.54) is 0 Å². The lowest BCUT2D eigenvalue weighted by Gasteiger charge is -2.08. The molecule has 2 heterocycles. The van der Waals surface area contributed by atoms with Crippen LogP contribution >= 0.6 is 0 Å². The first-order chi connectivity index (χ1) is 7.25. The van der Waals surface area contributed by atoms with Gasteiger partial charge in [-0.25, -0.2) is 9.97 Å². The third-order valence-corrected chi connectivity index (χ3v) is 2.14. The Morgan fingerprint density at radius 2 is 2.40 bits per heavy atom. The van der Waals surface area contributed by atoms with Gasteiger partial charge in [0.15, 0.2) is 0 Å². The maximum Gasteiger partial charge on any atom is 0.211 e. The Morgan fingerprint density at radius 3 is 3.00 bits per heavy atom. The fraction of sp³-hybridized carbons (Fsp3) is 0.400. The zero-order chi connectivity index (χ0) is 10.7. The Bertz CT molecular complexity index is 407. The van der Waals surface area contributed by atoms with Crippen molar-refractivity contribution in [1.82, 2.24) is 20.3 Å². The van der Waals surface area contributed by atoms with Crippen LogP contribution in [0.15, 0.2) is 23.0 Å². The number of rotatable bonds is 4. The molecule has 2 N–H and O–H groups in total. The number of aromatic nitrogens is 3. The minimum absolute atomic E-state index is 0.0869. The Labute approximate surface area is 87.9 Å². The van der Waals surface area contributed by atoms with Crippen LogP contribution in [0.5, 0.6) is 0 Å². The largest absolute Gasteiger partial charge is 0.444 e. The molecule has 2 rings (SSSR count). The topological polar surface area (TPSA) is 66.7 Å². The second-order valence-electron chi connectivity index (χ2n) is 3.45. The van der Waals surface area contributed by atoms with Crippen LogP contribution in [-0.2, 0) is 6.54 Å². The molecule has 1 atom stereocenters. The molecule has 0 aromatic carbocycles. The van der Waals surface area contributed by atoms with E-state index < -0.39 is 0 Å². The quantitative estimate of drug-likeness (QED) is 0.796. The van der Waals surface area contributed by atoms with Gasteiger partial charge >= 0.3 is 0 Å². The van der Waals surface area contributed by atoms with Crippen LogP contribution in [0, 0.1) is 6.92 Å². The predicted molar refractivity (Wildman–Crippen MR) is 55.1 cm³/mol. The predicted octanol–water partition coefficient (Wildman–Crippen LogP) is 1.56. The number of nitrogens with zero attached hydrogens (tertiary/aromatic N) is 2. The van der Waals surface area contributed by atoms with Crippen molar-refractivity contribution in [2.24, 2.45) is 0 Å². The van der Waals surface area contributed by atoms with Gasteiger partial charge in [0.1, 0.15) is 11.6 Å². The summed E-state index contributed by atoms with van der Waals surface area (Å²) in [5.74, 6) is 2.45. The summed E-state index contributed by atoms with van der Waals surface area (Å²) in [5, 5.41) is 3.26. The van der Waals surface area contributed by atoms with Crippen molar-refractivity contribution in [3.05, 3.63) is 36.1 Å². The summed E-state index contributed by atoms with van der Waals surface area (Å²) in [6.07, 6.45) is 5.26. The molecule has 0 fully saturated rings. The number of aryl methyl sites for hydroxylation is 1. The van der Waals surface area contributed by atoms with Crippen molar-refractivity contribution >= 4 is 0 Å². The second kappa shape index (κ2) is 4.27. The molecule has 0 aliphatic carbocycles. The van der Waals surface area contributed by atoms with Gasteiger partial charge < -0.3 is 9.40 Å². The molecule has 2 aromatic rings. The van der Waals surface area contributed by atoms with E-state index in [-0.39, 0.29) is 6.04 Å². The Balaban J connectivity index is 1.90. The number of nitrogens with one attached hydrogen (secondary N) is 2. The van der Waals surface area contributed by atoms with Gasteiger partial charge in [-0.1, -0.05) is 0 Å². The number of hydrogen-bond donors (Lipinski definition) is 2. The zero-order valence-corrected chi connectivity index (χ0v) is 8.82. The van der Waals surface area contributed by atoms with Gasteiger partial charge in [0.05, 0.1) is 18.8 Å². The summed E-state index contributed by atoms with van der Waals surface area (Å²) >= 11 is 0. The summed E-state index contributed by atoms with van der Waals surface area (Å²) in [4.78, 5) is 11.3. The molecule has 0 spiro atoms. The summed E-state index contributed by atoms with van der Waals surface area (Å²) in [6, 6.07) is 0.0869. The van der Waals surface area contributed by atoms with E-state index in [1.807, 2.05) is 13.8 Å². The van der Waals surface area contributed by atoms with Crippen molar-refractivity contribution in [3.63, 3.8) is 0 Å². The van der Waals surface area contributed by atoms with Crippen molar-refractivity contribution < 1.29 is 4.42 Å². The fourth-order valence-electron chi connectivity index (χ4n) is 1.30. The molecule has 0 saturated carbocycles. The smallest absolute Gasteiger partial charge is 0.211 e. The molecular weight excluding hydrogens is 192 g/mol. The summed E-state index contributed by atoms with van der Waals surface area (Å²) in [6.45, 7) is 4.57. The first-order valence-electron chi connectivity index (χ1n) is 4.89. The SMILES string of the molecule is Cc1cnc(C(C)NCc2ncc[nH]2)o1. The van der Waals surface area contributed by atoms with E-state index in [0.29, 0.717) is 12.4 Å². The lowest BCUT2D eigenvalue weighted by molar-refractivity contribution is 0.400. The highest BCUT2D eigenvalue weighted by Gasteiger charge is 2.10. The minimum atomic E-state index is 0.0869. The van der Waals surface area contributed by atoms with E-state index in [9.17, 15) is 0 Å². The molecule has 2 aromatic heterocycles. The Morgan fingerprint density at radius 1 is 1.53 bits per heavy atom. The van der Waals surface area contributed by atoms with Crippen molar-refractivity contribution in [2.45, 2.75) is 26.4 Å². The highest BCUT2D eigenvalue weighted by Crippen LogP contribution is 2.11. The molecule has 0 aliphatic heterocycles. The average Bonchev–Trinajstić information content (AvgIpc) is 2.84. The van der Waals surface area contributed by atoms with Gasteiger partial charge in [0.25, 0.3) is 0 Å². The maximum atomic E-state index is 5.41. The normalized spacial score (nSPS) is 12.9. The summed E-state index contributed by atoms with van der Waals surface area (Å²) < 4.78 is 5.41. The molecular formula is C10H14N4O. The summed E-state index contributed by atoms with van der Waals surface area (Å²) in [7, 11) is 0. The lowest BCUT2D eigenvalue weighted by atomic mass is 10.3. The number of oxazole rings is 1. The Hall–Kier alpha value is -1.62. The van der Waals surface area contributed by atoms with Gasteiger partial charge in [-0.15, -0.1) is 0 Å².